The van der Waals surface area contributed by atoms with Gasteiger partial charge in [0, 0.05) is 11.6 Å². The zero-order valence-electron chi connectivity index (χ0n) is 9.67. The molecule has 1 N–H and O–H groups in total. The molecular weight excluding hydrogens is 212 g/mol. The van der Waals surface area contributed by atoms with Gasteiger partial charge in [0.15, 0.2) is 0 Å². The number of aliphatic hydroxyl groups excluding tert-OH is 1. The molecule has 1 heterocycles. The Hall–Kier alpha value is -1.92. The molecule has 3 nitrogen and oxygen atoms in total. The van der Waals surface area contributed by atoms with Crippen LogP contribution in [0.2, 0.25) is 0 Å². The van der Waals surface area contributed by atoms with Gasteiger partial charge in [-0.15, -0.1) is 0 Å². The summed E-state index contributed by atoms with van der Waals surface area (Å²) >= 11 is 0. The monoisotopic (exact) mass is 226 g/mol. The molecule has 0 aliphatic carbocycles. The Bertz CT molecular complexity index is 554. The Morgan fingerprint density at radius 3 is 2.82 bits per heavy atom. The van der Waals surface area contributed by atoms with Crippen LogP contribution in [0.4, 0.5) is 0 Å². The first-order valence-electron chi connectivity index (χ1n) is 5.69. The highest BCUT2D eigenvalue weighted by Crippen LogP contribution is 2.29. The Morgan fingerprint density at radius 1 is 1.35 bits per heavy atom. The van der Waals surface area contributed by atoms with Gasteiger partial charge in [-0.05, 0) is 24.1 Å². The maximum atomic E-state index is 10.2. The van der Waals surface area contributed by atoms with E-state index in [1.165, 1.54) is 0 Å². The van der Waals surface area contributed by atoms with Crippen LogP contribution in [0.1, 0.15) is 25.0 Å². The minimum atomic E-state index is -0.752. The fourth-order valence-corrected chi connectivity index (χ4v) is 1.98. The number of nitrogens with zero attached hydrogens (tertiary/aromatic N) is 2. The maximum absolute atomic E-state index is 10.2. The number of hydrogen-bond acceptors (Lipinski definition) is 3. The molecule has 3 heteroatoms. The fraction of sp³-hybridized carbons (Fsp3) is 0.286. The van der Waals surface area contributed by atoms with Gasteiger partial charge in [0.05, 0.1) is 23.6 Å². The third-order valence-corrected chi connectivity index (χ3v) is 2.99. The van der Waals surface area contributed by atoms with Crippen LogP contribution < -0.4 is 0 Å². The third kappa shape index (κ3) is 2.13. The predicted molar refractivity (Wildman–Crippen MR) is 66.1 cm³/mol. The number of aromatic nitrogens is 1. The fourth-order valence-electron chi connectivity index (χ4n) is 1.98. The number of aliphatic hydroxyl groups is 1. The first kappa shape index (κ1) is 11.6. The highest BCUT2D eigenvalue weighted by molar-refractivity contribution is 5.82. The average Bonchev–Trinajstić information content (AvgIpc) is 2.39. The molecule has 17 heavy (non-hydrogen) atoms. The first-order chi connectivity index (χ1) is 8.27. The van der Waals surface area contributed by atoms with Crippen molar-refractivity contribution in [3.8, 4) is 6.07 Å². The van der Waals surface area contributed by atoms with Crippen LogP contribution in [0, 0.1) is 17.2 Å². The third-order valence-electron chi connectivity index (χ3n) is 2.99. The molecule has 0 aliphatic heterocycles. The lowest BCUT2D eigenvalue weighted by molar-refractivity contribution is 0.134. The molecule has 2 aromatic rings. The quantitative estimate of drug-likeness (QED) is 0.875. The summed E-state index contributed by atoms with van der Waals surface area (Å²) in [5.74, 6) is -0.374. The summed E-state index contributed by atoms with van der Waals surface area (Å²) < 4.78 is 0. The van der Waals surface area contributed by atoms with Crippen molar-refractivity contribution in [1.82, 2.24) is 4.98 Å². The van der Waals surface area contributed by atoms with Gasteiger partial charge in [0.1, 0.15) is 0 Å². The summed E-state index contributed by atoms with van der Waals surface area (Å²) in [4.78, 5) is 4.24. The number of fused-ring (bicyclic) bond motifs is 1. The lowest BCUT2D eigenvalue weighted by Crippen LogP contribution is -2.10. The summed E-state index contributed by atoms with van der Waals surface area (Å²) in [6.07, 6.45) is 1.55. The molecule has 0 fully saturated rings. The Kier molecular flexibility index (Phi) is 3.36. The molecule has 1 aromatic carbocycles. The second-order valence-electron chi connectivity index (χ2n) is 4.01. The van der Waals surface area contributed by atoms with Gasteiger partial charge in [0.2, 0.25) is 0 Å². The molecule has 0 aliphatic rings. The van der Waals surface area contributed by atoms with E-state index in [1.807, 2.05) is 31.2 Å². The molecule has 2 unspecified atom stereocenters. The lowest BCUT2D eigenvalue weighted by atomic mass is 9.93. The van der Waals surface area contributed by atoms with Crippen molar-refractivity contribution in [3.05, 3.63) is 42.1 Å². The molecule has 1 aromatic heterocycles. The van der Waals surface area contributed by atoms with Crippen LogP contribution in [0.5, 0.6) is 0 Å². The van der Waals surface area contributed by atoms with Gasteiger partial charge in [-0.25, -0.2) is 0 Å². The summed E-state index contributed by atoms with van der Waals surface area (Å²) in [6, 6.07) is 11.6. The van der Waals surface area contributed by atoms with Gasteiger partial charge < -0.3 is 5.11 Å². The van der Waals surface area contributed by atoms with Crippen LogP contribution in [0.15, 0.2) is 36.5 Å². The minimum absolute atomic E-state index is 0.374. The van der Waals surface area contributed by atoms with Crippen LogP contribution >= 0.6 is 0 Å². The van der Waals surface area contributed by atoms with Crippen molar-refractivity contribution in [2.75, 3.05) is 0 Å². The van der Waals surface area contributed by atoms with E-state index in [2.05, 4.69) is 11.1 Å². The molecule has 0 bridgehead atoms. The van der Waals surface area contributed by atoms with Crippen LogP contribution in [0.3, 0.4) is 0 Å². The topological polar surface area (TPSA) is 56.9 Å². The van der Waals surface area contributed by atoms with E-state index in [0.717, 1.165) is 16.5 Å². The summed E-state index contributed by atoms with van der Waals surface area (Å²) in [5.41, 5.74) is 1.63. The van der Waals surface area contributed by atoms with Crippen molar-refractivity contribution in [2.45, 2.75) is 19.4 Å². The van der Waals surface area contributed by atoms with Gasteiger partial charge >= 0.3 is 0 Å². The maximum Gasteiger partial charge on any atom is 0.0955 e. The Morgan fingerprint density at radius 2 is 2.12 bits per heavy atom. The van der Waals surface area contributed by atoms with E-state index in [9.17, 15) is 5.11 Å². The molecule has 2 atom stereocenters. The van der Waals surface area contributed by atoms with Crippen LogP contribution in [-0.2, 0) is 0 Å². The number of para-hydroxylation sites is 1. The van der Waals surface area contributed by atoms with Crippen molar-refractivity contribution in [3.63, 3.8) is 0 Å². The molecule has 0 saturated heterocycles. The van der Waals surface area contributed by atoms with E-state index in [1.54, 1.807) is 12.3 Å². The van der Waals surface area contributed by atoms with Gasteiger partial charge in [-0.3, -0.25) is 4.98 Å². The van der Waals surface area contributed by atoms with Crippen LogP contribution in [-0.4, -0.2) is 10.1 Å². The van der Waals surface area contributed by atoms with E-state index in [-0.39, 0.29) is 5.92 Å². The Labute approximate surface area is 100 Å². The molecule has 0 saturated carbocycles. The normalized spacial score (nSPS) is 14.2. The number of hydrogen-bond donors (Lipinski definition) is 1. The number of pyridine rings is 1. The predicted octanol–water partition coefficient (Wildman–Crippen LogP) is 2.82. The molecule has 0 amide bonds. The second-order valence-corrected chi connectivity index (χ2v) is 4.01. The van der Waals surface area contributed by atoms with E-state index < -0.39 is 6.10 Å². The number of benzene rings is 1. The van der Waals surface area contributed by atoms with Crippen molar-refractivity contribution < 1.29 is 5.11 Å². The number of rotatable bonds is 3. The molecular formula is C14H14N2O. The second kappa shape index (κ2) is 4.94. The molecule has 0 spiro atoms. The average molecular weight is 226 g/mol. The molecule has 86 valence electrons. The smallest absolute Gasteiger partial charge is 0.0955 e. The SMILES string of the molecule is CCC(C#N)C(O)c1ccnc2ccccc12. The molecule has 0 radical (unpaired) electrons. The van der Waals surface area contributed by atoms with Crippen molar-refractivity contribution in [1.29, 1.82) is 5.26 Å². The summed E-state index contributed by atoms with van der Waals surface area (Å²) in [6.45, 7) is 1.90. The van der Waals surface area contributed by atoms with Gasteiger partial charge in [-0.2, -0.15) is 5.26 Å². The highest BCUT2D eigenvalue weighted by atomic mass is 16.3. The minimum Gasteiger partial charge on any atom is -0.387 e. The largest absolute Gasteiger partial charge is 0.387 e. The first-order valence-corrected chi connectivity index (χ1v) is 5.69. The van der Waals surface area contributed by atoms with Crippen molar-refractivity contribution >= 4 is 10.9 Å². The summed E-state index contributed by atoms with van der Waals surface area (Å²) in [7, 11) is 0. The lowest BCUT2D eigenvalue weighted by Gasteiger charge is -2.16. The van der Waals surface area contributed by atoms with Gasteiger partial charge in [0.25, 0.3) is 0 Å². The van der Waals surface area contributed by atoms with Crippen molar-refractivity contribution in [2.24, 2.45) is 5.92 Å². The highest BCUT2D eigenvalue weighted by Gasteiger charge is 2.20. The number of nitriles is 1. The Balaban J connectivity index is 2.52. The van der Waals surface area contributed by atoms with E-state index in [0.29, 0.717) is 6.42 Å². The van der Waals surface area contributed by atoms with Crippen LogP contribution in [0.25, 0.3) is 10.9 Å². The van der Waals surface area contributed by atoms with E-state index in [4.69, 9.17) is 5.26 Å². The summed E-state index contributed by atoms with van der Waals surface area (Å²) in [5, 5.41) is 20.1. The van der Waals surface area contributed by atoms with E-state index >= 15 is 0 Å². The molecule has 2 rings (SSSR count). The zero-order valence-corrected chi connectivity index (χ0v) is 9.67. The van der Waals surface area contributed by atoms with Gasteiger partial charge in [-0.1, -0.05) is 25.1 Å². The zero-order chi connectivity index (χ0) is 12.3. The standard InChI is InChI=1S/C14H14N2O/c1-2-10(9-15)14(17)12-7-8-16-13-6-4-3-5-11(12)13/h3-8,10,14,17H,2H2,1H3.